The van der Waals surface area contributed by atoms with Gasteiger partial charge in [-0.1, -0.05) is 41.9 Å². The summed E-state index contributed by atoms with van der Waals surface area (Å²) < 4.78 is 10.7. The largest absolute Gasteiger partial charge is 0.462 e. The molecule has 3 aromatic carbocycles. The summed E-state index contributed by atoms with van der Waals surface area (Å²) in [6, 6.07) is 20.2. The van der Waals surface area contributed by atoms with Gasteiger partial charge >= 0.3 is 11.9 Å². The van der Waals surface area contributed by atoms with E-state index in [1.54, 1.807) is 27.7 Å². The smallest absolute Gasteiger partial charge is 0.320 e. The van der Waals surface area contributed by atoms with Crippen LogP contribution < -0.4 is 5.32 Å². The van der Waals surface area contributed by atoms with E-state index < -0.39 is 17.9 Å². The Morgan fingerprint density at radius 1 is 0.865 bits per heavy atom. The van der Waals surface area contributed by atoms with Gasteiger partial charge in [0, 0.05) is 16.4 Å². The second kappa shape index (κ2) is 11.8. The number of nitrogens with one attached hydrogen (secondary N) is 1. The fourth-order valence-electron chi connectivity index (χ4n) is 4.66. The Morgan fingerprint density at radius 3 is 2.16 bits per heavy atom. The maximum atomic E-state index is 12.6. The lowest BCUT2D eigenvalue weighted by molar-refractivity contribution is -0.166. The average Bonchev–Trinajstić information content (AvgIpc) is 3.31. The van der Waals surface area contributed by atoms with E-state index in [9.17, 15) is 9.59 Å². The second-order valence-corrected chi connectivity index (χ2v) is 10.5. The highest BCUT2D eigenvalue weighted by molar-refractivity contribution is 6.30. The quantitative estimate of drug-likeness (QED) is 0.237. The van der Waals surface area contributed by atoms with Crippen molar-refractivity contribution < 1.29 is 19.1 Å². The highest BCUT2D eigenvalue weighted by Gasteiger charge is 2.31. The molecule has 0 aromatic heterocycles. The molecule has 194 valence electrons. The molecule has 0 aliphatic heterocycles. The number of halogens is 1. The van der Waals surface area contributed by atoms with Crippen molar-refractivity contribution in [3.05, 3.63) is 82.4 Å². The lowest BCUT2D eigenvalue weighted by Crippen LogP contribution is -2.32. The summed E-state index contributed by atoms with van der Waals surface area (Å²) in [6.45, 7) is 7.06. The number of carbonyl (C=O) groups excluding carboxylic acids is 2. The van der Waals surface area contributed by atoms with Crippen LogP contribution in [0.1, 0.15) is 50.8 Å². The van der Waals surface area contributed by atoms with Crippen LogP contribution in [0.2, 0.25) is 5.02 Å². The van der Waals surface area contributed by atoms with Crippen molar-refractivity contribution in [2.45, 2.75) is 65.6 Å². The van der Waals surface area contributed by atoms with Gasteiger partial charge in [0.2, 0.25) is 0 Å². The van der Waals surface area contributed by atoms with Crippen molar-refractivity contribution in [1.82, 2.24) is 0 Å². The average molecular weight is 520 g/mol. The lowest BCUT2D eigenvalue weighted by Gasteiger charge is -2.19. The van der Waals surface area contributed by atoms with E-state index >= 15 is 0 Å². The van der Waals surface area contributed by atoms with Crippen LogP contribution in [0.25, 0.3) is 11.1 Å². The first-order valence-electron chi connectivity index (χ1n) is 12.9. The van der Waals surface area contributed by atoms with Gasteiger partial charge in [-0.2, -0.15) is 0 Å². The minimum Gasteiger partial charge on any atom is -0.462 e. The van der Waals surface area contributed by atoms with E-state index in [4.69, 9.17) is 21.1 Å². The summed E-state index contributed by atoms with van der Waals surface area (Å²) in [7, 11) is 0. The Bertz CT molecular complexity index is 1240. The van der Waals surface area contributed by atoms with Gasteiger partial charge in [-0.05, 0) is 112 Å². The van der Waals surface area contributed by atoms with Gasteiger partial charge < -0.3 is 14.8 Å². The minimum atomic E-state index is -0.999. The minimum absolute atomic E-state index is 0.219. The first-order valence-corrected chi connectivity index (χ1v) is 13.3. The Labute approximate surface area is 224 Å². The summed E-state index contributed by atoms with van der Waals surface area (Å²) in [4.78, 5) is 25.2. The zero-order valence-electron chi connectivity index (χ0n) is 21.8. The number of aryl methyl sites for hydroxylation is 1. The van der Waals surface area contributed by atoms with Gasteiger partial charge in [0.1, 0.15) is 0 Å². The summed E-state index contributed by atoms with van der Waals surface area (Å²) in [5, 5.41) is 4.31. The number of fused-ring (bicyclic) bond motifs is 1. The van der Waals surface area contributed by atoms with Crippen molar-refractivity contribution >= 4 is 34.9 Å². The van der Waals surface area contributed by atoms with Crippen LogP contribution in [0.3, 0.4) is 0 Å². The zero-order chi connectivity index (χ0) is 26.5. The molecule has 1 aliphatic carbocycles. The first kappa shape index (κ1) is 26.7. The van der Waals surface area contributed by atoms with Crippen LogP contribution in [0.4, 0.5) is 11.4 Å². The SMILES string of the molecule is CC(C)OC(=O)C(Cc1ccc(Nc2cc(-c3cccc(Cl)c3)cc3c2CCC3)cc1)C(=O)OC(C)C. The Kier molecular flexibility index (Phi) is 8.55. The zero-order valence-corrected chi connectivity index (χ0v) is 22.6. The number of ether oxygens (including phenoxy) is 2. The molecule has 0 bridgehead atoms. The molecule has 0 saturated carbocycles. The number of esters is 2. The van der Waals surface area contributed by atoms with Gasteiger partial charge in [-0.3, -0.25) is 9.59 Å². The second-order valence-electron chi connectivity index (χ2n) is 10.1. The van der Waals surface area contributed by atoms with Gasteiger partial charge in [0.05, 0.1) is 12.2 Å². The monoisotopic (exact) mass is 519 g/mol. The number of carbonyl (C=O) groups is 2. The number of anilines is 2. The number of benzene rings is 3. The maximum absolute atomic E-state index is 12.6. The summed E-state index contributed by atoms with van der Waals surface area (Å²) in [5.41, 5.74) is 7.83. The van der Waals surface area contributed by atoms with Crippen LogP contribution in [-0.2, 0) is 38.3 Å². The number of hydrogen-bond acceptors (Lipinski definition) is 5. The van der Waals surface area contributed by atoms with Crippen molar-refractivity contribution in [2.24, 2.45) is 5.92 Å². The highest BCUT2D eigenvalue weighted by atomic mass is 35.5. The van der Waals surface area contributed by atoms with Crippen LogP contribution in [-0.4, -0.2) is 24.1 Å². The molecule has 0 atom stereocenters. The Hall–Kier alpha value is -3.31. The van der Waals surface area contributed by atoms with Crippen LogP contribution in [0.5, 0.6) is 0 Å². The molecular formula is C31H34ClNO4. The molecule has 0 saturated heterocycles. The molecule has 5 nitrogen and oxygen atoms in total. The predicted molar refractivity (Wildman–Crippen MR) is 148 cm³/mol. The van der Waals surface area contributed by atoms with Gasteiger partial charge in [0.15, 0.2) is 5.92 Å². The molecule has 0 fully saturated rings. The molecule has 6 heteroatoms. The van der Waals surface area contributed by atoms with E-state index in [0.29, 0.717) is 0 Å². The molecule has 0 spiro atoms. The molecule has 0 radical (unpaired) electrons. The van der Waals surface area contributed by atoms with E-state index in [-0.39, 0.29) is 18.6 Å². The van der Waals surface area contributed by atoms with Crippen molar-refractivity contribution in [3.8, 4) is 11.1 Å². The van der Waals surface area contributed by atoms with E-state index in [1.807, 2.05) is 42.5 Å². The van der Waals surface area contributed by atoms with Gasteiger partial charge in [-0.15, -0.1) is 0 Å². The molecule has 1 N–H and O–H groups in total. The van der Waals surface area contributed by atoms with Crippen molar-refractivity contribution in [3.63, 3.8) is 0 Å². The first-order chi connectivity index (χ1) is 17.7. The number of rotatable bonds is 9. The van der Waals surface area contributed by atoms with E-state index in [1.165, 1.54) is 11.1 Å². The molecule has 3 aromatic rings. The fourth-order valence-corrected chi connectivity index (χ4v) is 4.85. The molecule has 0 heterocycles. The molecule has 1 aliphatic rings. The van der Waals surface area contributed by atoms with Crippen LogP contribution >= 0.6 is 11.6 Å². The van der Waals surface area contributed by atoms with Crippen molar-refractivity contribution in [2.75, 3.05) is 5.32 Å². The molecule has 0 amide bonds. The molecule has 0 unspecified atom stereocenters. The predicted octanol–water partition coefficient (Wildman–Crippen LogP) is 7.30. The van der Waals surface area contributed by atoms with E-state index in [0.717, 1.165) is 52.4 Å². The third-order valence-corrected chi connectivity index (χ3v) is 6.55. The van der Waals surface area contributed by atoms with Crippen LogP contribution in [0, 0.1) is 5.92 Å². The summed E-state index contributed by atoms with van der Waals surface area (Å²) >= 11 is 6.25. The maximum Gasteiger partial charge on any atom is 0.320 e. The molecule has 4 rings (SSSR count). The fraction of sp³-hybridized carbons (Fsp3) is 0.355. The summed E-state index contributed by atoms with van der Waals surface area (Å²) in [5.74, 6) is -2.12. The molecular weight excluding hydrogens is 486 g/mol. The third-order valence-electron chi connectivity index (χ3n) is 6.32. The van der Waals surface area contributed by atoms with Gasteiger partial charge in [0.25, 0.3) is 0 Å². The van der Waals surface area contributed by atoms with E-state index in [2.05, 4.69) is 23.5 Å². The highest BCUT2D eigenvalue weighted by Crippen LogP contribution is 2.36. The third kappa shape index (κ3) is 6.92. The van der Waals surface area contributed by atoms with Gasteiger partial charge in [-0.25, -0.2) is 0 Å². The Balaban J connectivity index is 1.54. The van der Waals surface area contributed by atoms with Crippen molar-refractivity contribution in [1.29, 1.82) is 0 Å². The standard InChI is InChI=1S/C31H34ClNO4/c1-19(2)36-30(34)28(31(35)37-20(3)4)15-21-11-13-26(14-12-21)33-29-18-24(16-23-8-6-10-27(23)29)22-7-5-9-25(32)17-22/h5,7,9,11-14,16-20,28,33H,6,8,10,15H2,1-4H3. The normalized spacial score (nSPS) is 12.6. The topological polar surface area (TPSA) is 64.6 Å². The Morgan fingerprint density at radius 2 is 1.54 bits per heavy atom. The molecule has 37 heavy (non-hydrogen) atoms. The number of hydrogen-bond donors (Lipinski definition) is 1. The lowest BCUT2D eigenvalue weighted by atomic mass is 9.98. The summed E-state index contributed by atoms with van der Waals surface area (Å²) in [6.07, 6.45) is 2.86. The van der Waals surface area contributed by atoms with Crippen LogP contribution in [0.15, 0.2) is 60.7 Å².